The summed E-state index contributed by atoms with van der Waals surface area (Å²) in [6, 6.07) is 12.7. The van der Waals surface area contributed by atoms with Gasteiger partial charge in [0.1, 0.15) is 0 Å². The molecule has 2 aromatic rings. The second-order valence-corrected chi connectivity index (χ2v) is 6.70. The van der Waals surface area contributed by atoms with Crippen LogP contribution in [0.25, 0.3) is 0 Å². The van der Waals surface area contributed by atoms with Gasteiger partial charge in [0.2, 0.25) is 0 Å². The van der Waals surface area contributed by atoms with E-state index in [2.05, 4.69) is 5.32 Å². The molecule has 7 heteroatoms. The van der Waals surface area contributed by atoms with E-state index >= 15 is 0 Å². The summed E-state index contributed by atoms with van der Waals surface area (Å²) < 4.78 is 5.31. The normalized spacial score (nSPS) is 10.3. The minimum atomic E-state index is -0.523. The number of nitrogens with one attached hydrogen (secondary N) is 1. The van der Waals surface area contributed by atoms with E-state index in [-0.39, 0.29) is 24.0 Å². The van der Waals surface area contributed by atoms with Crippen LogP contribution >= 0.6 is 11.8 Å². The minimum absolute atomic E-state index is 0.106. The van der Waals surface area contributed by atoms with Crippen LogP contribution in [0.2, 0.25) is 0 Å². The highest BCUT2D eigenvalue weighted by atomic mass is 32.2. The standard InChI is InChI=1S/C18H20N2O4S/c1-13-3-6-15(7-4-13)25-10-9-19-18(21)12-24-17-11-14(2)5-8-16(17)20(22)23/h3-8,11H,9-10,12H2,1-2H3,(H,19,21). The Morgan fingerprint density at radius 3 is 2.52 bits per heavy atom. The fraction of sp³-hybridized carbons (Fsp3) is 0.278. The summed E-state index contributed by atoms with van der Waals surface area (Å²) in [4.78, 5) is 23.4. The molecule has 6 nitrogen and oxygen atoms in total. The van der Waals surface area contributed by atoms with Gasteiger partial charge in [-0.2, -0.15) is 0 Å². The van der Waals surface area contributed by atoms with Crippen molar-refractivity contribution < 1.29 is 14.5 Å². The summed E-state index contributed by atoms with van der Waals surface area (Å²) in [5, 5.41) is 13.7. The van der Waals surface area contributed by atoms with Crippen LogP contribution in [-0.2, 0) is 4.79 Å². The number of carbonyl (C=O) groups excluding carboxylic acids is 1. The first-order valence-corrected chi connectivity index (χ1v) is 8.78. The summed E-state index contributed by atoms with van der Waals surface area (Å²) in [5.41, 5.74) is 1.89. The molecule has 0 spiro atoms. The molecule has 0 radical (unpaired) electrons. The van der Waals surface area contributed by atoms with Crippen molar-refractivity contribution in [1.82, 2.24) is 5.32 Å². The number of nitrogens with zero attached hydrogens (tertiary/aromatic N) is 1. The third kappa shape index (κ3) is 6.11. The van der Waals surface area contributed by atoms with Crippen molar-refractivity contribution >= 4 is 23.4 Å². The number of amides is 1. The predicted octanol–water partition coefficient (Wildman–Crippen LogP) is 3.50. The van der Waals surface area contributed by atoms with Crippen molar-refractivity contribution in [2.45, 2.75) is 18.7 Å². The molecule has 0 aromatic heterocycles. The van der Waals surface area contributed by atoms with Gasteiger partial charge in [-0.3, -0.25) is 14.9 Å². The molecule has 1 amide bonds. The summed E-state index contributed by atoms with van der Waals surface area (Å²) >= 11 is 1.65. The molecular weight excluding hydrogens is 340 g/mol. The number of nitro groups is 1. The van der Waals surface area contributed by atoms with Crippen LogP contribution in [0.15, 0.2) is 47.4 Å². The lowest BCUT2D eigenvalue weighted by molar-refractivity contribution is -0.385. The van der Waals surface area contributed by atoms with Crippen molar-refractivity contribution in [2.75, 3.05) is 18.9 Å². The van der Waals surface area contributed by atoms with Gasteiger partial charge in [-0.1, -0.05) is 23.8 Å². The lowest BCUT2D eigenvalue weighted by atomic mass is 10.2. The molecule has 0 heterocycles. The average molecular weight is 360 g/mol. The maximum absolute atomic E-state index is 11.8. The maximum atomic E-state index is 11.8. The first-order chi connectivity index (χ1) is 12.0. The molecular formula is C18H20N2O4S. The number of nitro benzene ring substituents is 1. The van der Waals surface area contributed by atoms with Crippen molar-refractivity contribution in [1.29, 1.82) is 0 Å². The Morgan fingerprint density at radius 2 is 1.84 bits per heavy atom. The van der Waals surface area contributed by atoms with Gasteiger partial charge in [0.15, 0.2) is 12.4 Å². The Morgan fingerprint density at radius 1 is 1.16 bits per heavy atom. The Hall–Kier alpha value is -2.54. The highest BCUT2D eigenvalue weighted by Crippen LogP contribution is 2.27. The van der Waals surface area contributed by atoms with E-state index in [4.69, 9.17) is 4.74 Å². The second-order valence-electron chi connectivity index (χ2n) is 5.53. The van der Waals surface area contributed by atoms with Crippen molar-refractivity contribution in [3.05, 3.63) is 63.7 Å². The van der Waals surface area contributed by atoms with Gasteiger partial charge < -0.3 is 10.1 Å². The summed E-state index contributed by atoms with van der Waals surface area (Å²) in [5.74, 6) is 0.536. The third-order valence-electron chi connectivity index (χ3n) is 3.38. The first kappa shape index (κ1) is 18.8. The van der Waals surface area contributed by atoms with Crippen LogP contribution in [0.4, 0.5) is 5.69 Å². The van der Waals surface area contributed by atoms with Gasteiger partial charge in [-0.15, -0.1) is 11.8 Å². The maximum Gasteiger partial charge on any atom is 0.310 e. The fourth-order valence-electron chi connectivity index (χ4n) is 2.08. The first-order valence-electron chi connectivity index (χ1n) is 7.79. The minimum Gasteiger partial charge on any atom is -0.477 e. The van der Waals surface area contributed by atoms with Crippen LogP contribution in [0, 0.1) is 24.0 Å². The SMILES string of the molecule is Cc1ccc(SCCNC(=O)COc2cc(C)ccc2[N+](=O)[O-])cc1. The Bertz CT molecular complexity index is 747. The molecule has 2 aromatic carbocycles. The second kappa shape index (κ2) is 9.08. The van der Waals surface area contributed by atoms with Crippen molar-refractivity contribution in [3.8, 4) is 5.75 Å². The number of thioether (sulfide) groups is 1. The molecule has 0 aliphatic rings. The van der Waals surface area contributed by atoms with Crippen LogP contribution in [-0.4, -0.2) is 29.7 Å². The van der Waals surface area contributed by atoms with Gasteiger partial charge >= 0.3 is 5.69 Å². The highest BCUT2D eigenvalue weighted by Gasteiger charge is 2.15. The molecule has 0 unspecified atom stereocenters. The molecule has 0 saturated carbocycles. The smallest absolute Gasteiger partial charge is 0.310 e. The van der Waals surface area contributed by atoms with E-state index in [0.717, 1.165) is 16.2 Å². The Labute approximate surface area is 150 Å². The number of ether oxygens (including phenoxy) is 1. The topological polar surface area (TPSA) is 81.5 Å². The van der Waals surface area contributed by atoms with E-state index in [1.165, 1.54) is 11.6 Å². The van der Waals surface area contributed by atoms with Crippen LogP contribution in [0.1, 0.15) is 11.1 Å². The number of rotatable bonds is 8. The molecule has 0 saturated heterocycles. The molecule has 0 aliphatic carbocycles. The molecule has 0 fully saturated rings. The van der Waals surface area contributed by atoms with E-state index in [1.54, 1.807) is 30.8 Å². The van der Waals surface area contributed by atoms with Crippen molar-refractivity contribution in [2.24, 2.45) is 0 Å². The Kier molecular flexibility index (Phi) is 6.82. The van der Waals surface area contributed by atoms with Gasteiger partial charge in [0, 0.05) is 23.3 Å². The van der Waals surface area contributed by atoms with Crippen LogP contribution in [0.3, 0.4) is 0 Å². The highest BCUT2D eigenvalue weighted by molar-refractivity contribution is 7.99. The molecule has 0 aliphatic heterocycles. The van der Waals surface area contributed by atoms with E-state index in [0.29, 0.717) is 6.54 Å². The van der Waals surface area contributed by atoms with E-state index in [1.807, 2.05) is 31.2 Å². The zero-order chi connectivity index (χ0) is 18.2. The zero-order valence-electron chi connectivity index (χ0n) is 14.2. The number of benzene rings is 2. The summed E-state index contributed by atoms with van der Waals surface area (Å²) in [6.07, 6.45) is 0. The van der Waals surface area contributed by atoms with Gasteiger partial charge in [0.05, 0.1) is 4.92 Å². The third-order valence-corrected chi connectivity index (χ3v) is 4.40. The van der Waals surface area contributed by atoms with Crippen LogP contribution in [0.5, 0.6) is 5.75 Å². The molecule has 2 rings (SSSR count). The Balaban J connectivity index is 1.75. The largest absolute Gasteiger partial charge is 0.477 e. The number of aryl methyl sites for hydroxylation is 2. The summed E-state index contributed by atoms with van der Waals surface area (Å²) in [6.45, 7) is 4.09. The molecule has 132 valence electrons. The number of hydrogen-bond donors (Lipinski definition) is 1. The van der Waals surface area contributed by atoms with Gasteiger partial charge in [-0.05, 0) is 37.6 Å². The fourth-order valence-corrected chi connectivity index (χ4v) is 2.84. The lowest BCUT2D eigenvalue weighted by Crippen LogP contribution is -2.30. The lowest BCUT2D eigenvalue weighted by Gasteiger charge is -2.08. The van der Waals surface area contributed by atoms with Crippen LogP contribution < -0.4 is 10.1 Å². The number of hydrogen-bond acceptors (Lipinski definition) is 5. The zero-order valence-corrected chi connectivity index (χ0v) is 15.0. The van der Waals surface area contributed by atoms with Gasteiger partial charge in [-0.25, -0.2) is 0 Å². The van der Waals surface area contributed by atoms with Gasteiger partial charge in [0.25, 0.3) is 5.91 Å². The van der Waals surface area contributed by atoms with Crippen molar-refractivity contribution in [3.63, 3.8) is 0 Å². The van der Waals surface area contributed by atoms with E-state index in [9.17, 15) is 14.9 Å². The average Bonchev–Trinajstić information content (AvgIpc) is 2.58. The molecule has 1 N–H and O–H groups in total. The molecule has 25 heavy (non-hydrogen) atoms. The molecule has 0 atom stereocenters. The predicted molar refractivity (Wildman–Crippen MR) is 98.2 cm³/mol. The van der Waals surface area contributed by atoms with E-state index < -0.39 is 4.92 Å². The quantitative estimate of drug-likeness (QED) is 0.337. The molecule has 0 bridgehead atoms. The number of carbonyl (C=O) groups is 1. The monoisotopic (exact) mass is 360 g/mol. The summed E-state index contributed by atoms with van der Waals surface area (Å²) in [7, 11) is 0.